The SMILES string of the molecule is C=C(/C=C\NC)c1cncc(-c2ccnc(Nc3cc(C(=O)Nc4ccc(C(CCC)CN(C)C)cc4)ccc3C)n2)c1. The Bertz CT molecular complexity index is 1580. The maximum atomic E-state index is 13.2. The molecule has 4 rings (SSSR count). The highest BCUT2D eigenvalue weighted by Gasteiger charge is 2.14. The molecule has 1 atom stereocenters. The third-order valence-electron chi connectivity index (χ3n) is 7.12. The number of aromatic nitrogens is 3. The monoisotopic (exact) mass is 575 g/mol. The first-order valence-corrected chi connectivity index (χ1v) is 14.5. The molecule has 2 aromatic heterocycles. The number of carbonyl (C=O) groups is 1. The first-order chi connectivity index (χ1) is 20.8. The fourth-order valence-electron chi connectivity index (χ4n) is 4.83. The zero-order valence-electron chi connectivity index (χ0n) is 25.7. The van der Waals surface area contributed by atoms with Crippen LogP contribution in [0.3, 0.4) is 0 Å². The van der Waals surface area contributed by atoms with Gasteiger partial charge in [0.15, 0.2) is 0 Å². The average molecular weight is 576 g/mol. The van der Waals surface area contributed by atoms with E-state index in [1.165, 1.54) is 5.56 Å². The highest BCUT2D eigenvalue weighted by atomic mass is 16.1. The summed E-state index contributed by atoms with van der Waals surface area (Å²) in [5, 5.41) is 9.29. The van der Waals surface area contributed by atoms with E-state index in [0.717, 1.165) is 58.7 Å². The molecule has 0 radical (unpaired) electrons. The van der Waals surface area contributed by atoms with E-state index in [0.29, 0.717) is 17.4 Å². The van der Waals surface area contributed by atoms with Gasteiger partial charge in [0.25, 0.3) is 5.91 Å². The Morgan fingerprint density at radius 3 is 2.56 bits per heavy atom. The molecule has 8 nitrogen and oxygen atoms in total. The quantitative estimate of drug-likeness (QED) is 0.147. The molecule has 4 aromatic rings. The van der Waals surface area contributed by atoms with Crippen molar-refractivity contribution in [1.82, 2.24) is 25.2 Å². The Kier molecular flexibility index (Phi) is 10.8. The van der Waals surface area contributed by atoms with Crippen LogP contribution in [0.2, 0.25) is 0 Å². The van der Waals surface area contributed by atoms with Gasteiger partial charge in [0.05, 0.1) is 5.69 Å². The van der Waals surface area contributed by atoms with Crippen LogP contribution < -0.4 is 16.0 Å². The molecule has 0 aliphatic carbocycles. The minimum absolute atomic E-state index is 0.181. The second-order valence-corrected chi connectivity index (χ2v) is 10.9. The van der Waals surface area contributed by atoms with Crippen molar-refractivity contribution in [2.75, 3.05) is 38.3 Å². The van der Waals surface area contributed by atoms with Crippen molar-refractivity contribution in [3.05, 3.63) is 114 Å². The van der Waals surface area contributed by atoms with Gasteiger partial charge in [0, 0.05) is 60.2 Å². The Balaban J connectivity index is 1.48. The first kappa shape index (κ1) is 31.1. The van der Waals surface area contributed by atoms with Crippen LogP contribution in [0.4, 0.5) is 17.3 Å². The third kappa shape index (κ3) is 8.59. The normalized spacial score (nSPS) is 11.9. The van der Waals surface area contributed by atoms with Gasteiger partial charge in [-0.15, -0.1) is 0 Å². The number of nitrogens with one attached hydrogen (secondary N) is 3. The molecule has 2 aromatic carbocycles. The van der Waals surface area contributed by atoms with Crippen molar-refractivity contribution >= 4 is 28.8 Å². The fourth-order valence-corrected chi connectivity index (χ4v) is 4.83. The number of hydrogen-bond acceptors (Lipinski definition) is 7. The van der Waals surface area contributed by atoms with Crippen molar-refractivity contribution in [2.45, 2.75) is 32.6 Å². The number of nitrogens with zero attached hydrogens (tertiary/aromatic N) is 4. The summed E-state index contributed by atoms with van der Waals surface area (Å²) in [6, 6.07) is 17.6. The second-order valence-electron chi connectivity index (χ2n) is 10.9. The van der Waals surface area contributed by atoms with Crippen molar-refractivity contribution in [1.29, 1.82) is 0 Å². The van der Waals surface area contributed by atoms with Gasteiger partial charge in [-0.1, -0.05) is 38.1 Å². The average Bonchev–Trinajstić information content (AvgIpc) is 3.01. The summed E-state index contributed by atoms with van der Waals surface area (Å²) >= 11 is 0. The molecule has 0 spiro atoms. The molecular weight excluding hydrogens is 534 g/mol. The minimum Gasteiger partial charge on any atom is -0.394 e. The summed E-state index contributed by atoms with van der Waals surface area (Å²) in [5.41, 5.74) is 7.61. The minimum atomic E-state index is -0.181. The van der Waals surface area contributed by atoms with Crippen LogP contribution in [0.5, 0.6) is 0 Å². The maximum absolute atomic E-state index is 13.2. The zero-order chi connectivity index (χ0) is 30.8. The molecule has 3 N–H and O–H groups in total. The first-order valence-electron chi connectivity index (χ1n) is 14.5. The van der Waals surface area contributed by atoms with Gasteiger partial charge in [-0.05, 0) is 98.7 Å². The molecule has 8 heteroatoms. The lowest BCUT2D eigenvalue weighted by Crippen LogP contribution is -2.20. The molecule has 0 aliphatic rings. The van der Waals surface area contributed by atoms with Gasteiger partial charge in [-0.2, -0.15) is 0 Å². The summed E-state index contributed by atoms with van der Waals surface area (Å²) in [6.45, 7) is 9.30. The molecule has 1 amide bonds. The number of allylic oxidation sites excluding steroid dienone is 2. The van der Waals surface area contributed by atoms with Gasteiger partial charge in [-0.25, -0.2) is 9.97 Å². The van der Waals surface area contributed by atoms with Crippen molar-refractivity contribution in [3.63, 3.8) is 0 Å². The topological polar surface area (TPSA) is 95.1 Å². The largest absolute Gasteiger partial charge is 0.394 e. The van der Waals surface area contributed by atoms with Gasteiger partial charge in [0.1, 0.15) is 0 Å². The van der Waals surface area contributed by atoms with E-state index in [1.807, 2.05) is 68.7 Å². The zero-order valence-corrected chi connectivity index (χ0v) is 25.7. The number of pyridine rings is 1. The molecule has 0 saturated heterocycles. The van der Waals surface area contributed by atoms with E-state index < -0.39 is 0 Å². The highest BCUT2D eigenvalue weighted by Crippen LogP contribution is 2.26. The van der Waals surface area contributed by atoms with Crippen LogP contribution in [0.1, 0.15) is 52.7 Å². The van der Waals surface area contributed by atoms with E-state index in [4.69, 9.17) is 4.98 Å². The van der Waals surface area contributed by atoms with Gasteiger partial charge in [0.2, 0.25) is 5.95 Å². The number of hydrogen-bond donors (Lipinski definition) is 3. The van der Waals surface area contributed by atoms with E-state index >= 15 is 0 Å². The van der Waals surface area contributed by atoms with Crippen LogP contribution >= 0.6 is 0 Å². The maximum Gasteiger partial charge on any atom is 0.255 e. The van der Waals surface area contributed by atoms with E-state index in [9.17, 15) is 4.79 Å². The summed E-state index contributed by atoms with van der Waals surface area (Å²) in [7, 11) is 6.04. The number of benzene rings is 2. The van der Waals surface area contributed by atoms with Crippen LogP contribution in [0, 0.1) is 6.92 Å². The van der Waals surface area contributed by atoms with Crippen LogP contribution in [0.25, 0.3) is 16.8 Å². The molecule has 1 unspecified atom stereocenters. The number of carbonyl (C=O) groups excluding carboxylic acids is 1. The third-order valence-corrected chi connectivity index (χ3v) is 7.12. The predicted molar refractivity (Wildman–Crippen MR) is 178 cm³/mol. The lowest BCUT2D eigenvalue weighted by atomic mass is 9.94. The van der Waals surface area contributed by atoms with Crippen molar-refractivity contribution < 1.29 is 4.79 Å². The molecule has 2 heterocycles. The Hall–Kier alpha value is -4.82. The van der Waals surface area contributed by atoms with Crippen LogP contribution in [0.15, 0.2) is 92.0 Å². The molecule has 0 aliphatic heterocycles. The summed E-state index contributed by atoms with van der Waals surface area (Å²) in [4.78, 5) is 28.9. The Morgan fingerprint density at radius 2 is 1.84 bits per heavy atom. The highest BCUT2D eigenvalue weighted by molar-refractivity contribution is 6.05. The van der Waals surface area contributed by atoms with E-state index in [2.05, 4.69) is 70.5 Å². The lowest BCUT2D eigenvalue weighted by Gasteiger charge is -2.21. The summed E-state index contributed by atoms with van der Waals surface area (Å²) in [6.07, 6.45) is 11.2. The van der Waals surface area contributed by atoms with Crippen molar-refractivity contribution in [3.8, 4) is 11.3 Å². The number of aryl methyl sites for hydroxylation is 1. The molecule has 0 fully saturated rings. The van der Waals surface area contributed by atoms with Crippen LogP contribution in [-0.4, -0.2) is 53.4 Å². The van der Waals surface area contributed by atoms with Gasteiger partial charge >= 0.3 is 0 Å². The summed E-state index contributed by atoms with van der Waals surface area (Å²) < 4.78 is 0. The molecule has 222 valence electrons. The number of likely N-dealkylation sites (N-methyl/N-ethyl adjacent to an activating group) is 1. The van der Waals surface area contributed by atoms with Crippen LogP contribution in [-0.2, 0) is 0 Å². The van der Waals surface area contributed by atoms with E-state index in [1.54, 1.807) is 18.6 Å². The Labute approximate surface area is 255 Å². The predicted octanol–water partition coefficient (Wildman–Crippen LogP) is 7.03. The molecule has 0 saturated carbocycles. The lowest BCUT2D eigenvalue weighted by molar-refractivity contribution is 0.102. The summed E-state index contributed by atoms with van der Waals surface area (Å²) in [5.74, 6) is 0.711. The number of anilines is 3. The smallest absolute Gasteiger partial charge is 0.255 e. The molecular formula is C35H41N7O. The molecule has 43 heavy (non-hydrogen) atoms. The number of amides is 1. The second kappa shape index (κ2) is 14.9. The molecule has 0 bridgehead atoms. The van der Waals surface area contributed by atoms with Gasteiger partial charge in [-0.3, -0.25) is 9.78 Å². The van der Waals surface area contributed by atoms with E-state index in [-0.39, 0.29) is 5.91 Å². The van der Waals surface area contributed by atoms with Gasteiger partial charge < -0.3 is 20.9 Å². The van der Waals surface area contributed by atoms with Crippen molar-refractivity contribution in [2.24, 2.45) is 0 Å². The number of rotatable bonds is 13. The standard InChI is InChI=1S/C35H41N7O/c1-7-8-28(23-42(5)6)26-11-13-31(14-12-26)39-34(43)27-10-9-25(3)33(20-27)41-35-38-18-16-32(40-35)30-19-29(21-37-22-30)24(2)15-17-36-4/h9-22,28,36H,2,7-8,23H2,1,3-6H3,(H,39,43)(H,38,40,41)/b17-15-. The Morgan fingerprint density at radius 1 is 1.05 bits per heavy atom. The fraction of sp³-hybridized carbons (Fsp3) is 0.257.